The minimum atomic E-state index is -0.880. The SMILES string of the molecule is CC(c1ccccc1)N1CC(C(=O)N2CCC(C)(C(=O)O)C2)CC1=O. The van der Waals surface area contributed by atoms with Crippen molar-refractivity contribution in [2.24, 2.45) is 11.3 Å². The van der Waals surface area contributed by atoms with Crippen molar-refractivity contribution in [3.05, 3.63) is 35.9 Å². The average Bonchev–Trinajstić information content (AvgIpc) is 3.19. The van der Waals surface area contributed by atoms with E-state index in [2.05, 4.69) is 0 Å². The highest BCUT2D eigenvalue weighted by molar-refractivity contribution is 5.90. The number of carbonyl (C=O) groups excluding carboxylic acids is 2. The van der Waals surface area contributed by atoms with Gasteiger partial charge < -0.3 is 14.9 Å². The normalized spacial score (nSPS) is 27.6. The molecule has 3 unspecified atom stereocenters. The third-order valence-electron chi connectivity index (χ3n) is 5.56. The number of amides is 2. The Morgan fingerprint density at radius 3 is 2.56 bits per heavy atom. The van der Waals surface area contributed by atoms with Gasteiger partial charge in [0.05, 0.1) is 17.4 Å². The van der Waals surface area contributed by atoms with E-state index >= 15 is 0 Å². The Morgan fingerprint density at radius 2 is 1.96 bits per heavy atom. The molecule has 0 saturated carbocycles. The molecule has 1 aromatic rings. The molecule has 1 aromatic carbocycles. The third kappa shape index (κ3) is 3.25. The van der Waals surface area contributed by atoms with Crippen molar-refractivity contribution in [1.29, 1.82) is 0 Å². The molecule has 0 radical (unpaired) electrons. The van der Waals surface area contributed by atoms with E-state index in [9.17, 15) is 19.5 Å². The Bertz CT molecular complexity index is 690. The zero-order valence-corrected chi connectivity index (χ0v) is 14.6. The number of benzene rings is 1. The highest BCUT2D eigenvalue weighted by Crippen LogP contribution is 2.34. The highest BCUT2D eigenvalue weighted by Gasteiger charge is 2.45. The summed E-state index contributed by atoms with van der Waals surface area (Å²) in [5.74, 6) is -1.37. The lowest BCUT2D eigenvalue weighted by atomic mass is 9.90. The minimum absolute atomic E-state index is 0.0186. The average molecular weight is 344 g/mol. The molecule has 0 bridgehead atoms. The Hall–Kier alpha value is -2.37. The third-order valence-corrected chi connectivity index (χ3v) is 5.56. The predicted octanol–water partition coefficient (Wildman–Crippen LogP) is 1.92. The fourth-order valence-electron chi connectivity index (χ4n) is 3.76. The molecule has 25 heavy (non-hydrogen) atoms. The van der Waals surface area contributed by atoms with E-state index in [4.69, 9.17) is 0 Å². The monoisotopic (exact) mass is 344 g/mol. The van der Waals surface area contributed by atoms with Crippen LogP contribution in [0.1, 0.15) is 38.3 Å². The molecule has 3 atom stereocenters. The number of aliphatic carboxylic acids is 1. The van der Waals surface area contributed by atoms with E-state index in [1.807, 2.05) is 37.3 Å². The first-order valence-electron chi connectivity index (χ1n) is 8.68. The van der Waals surface area contributed by atoms with Crippen molar-refractivity contribution >= 4 is 17.8 Å². The Balaban J connectivity index is 1.66. The summed E-state index contributed by atoms with van der Waals surface area (Å²) in [4.78, 5) is 39.9. The summed E-state index contributed by atoms with van der Waals surface area (Å²) < 4.78 is 0. The van der Waals surface area contributed by atoms with Gasteiger partial charge >= 0.3 is 5.97 Å². The molecule has 6 nitrogen and oxygen atoms in total. The van der Waals surface area contributed by atoms with Crippen molar-refractivity contribution in [1.82, 2.24) is 9.80 Å². The van der Waals surface area contributed by atoms with Crippen LogP contribution in [0, 0.1) is 11.3 Å². The molecule has 2 aliphatic rings. The van der Waals surface area contributed by atoms with Crippen molar-refractivity contribution in [3.8, 4) is 0 Å². The Kier molecular flexibility index (Phi) is 4.54. The van der Waals surface area contributed by atoms with E-state index in [-0.39, 0.29) is 36.7 Å². The molecule has 134 valence electrons. The van der Waals surface area contributed by atoms with E-state index in [0.717, 1.165) is 5.56 Å². The van der Waals surface area contributed by atoms with Gasteiger partial charge in [-0.25, -0.2) is 0 Å². The lowest BCUT2D eigenvalue weighted by molar-refractivity contribution is -0.147. The summed E-state index contributed by atoms with van der Waals surface area (Å²) in [7, 11) is 0. The summed E-state index contributed by atoms with van der Waals surface area (Å²) in [6, 6.07) is 9.69. The molecule has 2 aliphatic heterocycles. The van der Waals surface area contributed by atoms with Crippen molar-refractivity contribution in [2.45, 2.75) is 32.7 Å². The molecule has 2 heterocycles. The first kappa shape index (κ1) is 17.5. The standard InChI is InChI=1S/C19H24N2O4/c1-13(14-6-4-3-5-7-14)21-11-15(10-16(21)22)17(23)20-9-8-19(2,12-20)18(24)25/h3-7,13,15H,8-12H2,1-2H3,(H,24,25). The Labute approximate surface area is 147 Å². The molecule has 2 fully saturated rings. The highest BCUT2D eigenvalue weighted by atomic mass is 16.4. The maximum atomic E-state index is 12.8. The van der Waals surface area contributed by atoms with Gasteiger partial charge in [-0.3, -0.25) is 14.4 Å². The predicted molar refractivity (Wildman–Crippen MR) is 91.6 cm³/mol. The molecule has 2 saturated heterocycles. The van der Waals surface area contributed by atoms with Crippen LogP contribution in [0.2, 0.25) is 0 Å². The minimum Gasteiger partial charge on any atom is -0.481 e. The number of carboxylic acids is 1. The number of nitrogens with zero attached hydrogens (tertiary/aromatic N) is 2. The number of rotatable bonds is 4. The van der Waals surface area contributed by atoms with Gasteiger partial charge in [-0.1, -0.05) is 30.3 Å². The molecular formula is C19H24N2O4. The fraction of sp³-hybridized carbons (Fsp3) is 0.526. The zero-order chi connectivity index (χ0) is 18.2. The molecule has 2 amide bonds. The second kappa shape index (κ2) is 6.50. The zero-order valence-electron chi connectivity index (χ0n) is 14.6. The summed E-state index contributed by atoms with van der Waals surface area (Å²) >= 11 is 0. The van der Waals surface area contributed by atoms with Crippen LogP contribution in [0.3, 0.4) is 0 Å². The number of carboxylic acid groups (broad SMARTS) is 1. The van der Waals surface area contributed by atoms with Gasteiger partial charge in [0.15, 0.2) is 0 Å². The van der Waals surface area contributed by atoms with Crippen LogP contribution < -0.4 is 0 Å². The van der Waals surface area contributed by atoms with Crippen LogP contribution in [0.4, 0.5) is 0 Å². The first-order valence-corrected chi connectivity index (χ1v) is 8.68. The summed E-state index contributed by atoms with van der Waals surface area (Å²) in [5.41, 5.74) is 0.165. The molecule has 0 spiro atoms. The van der Waals surface area contributed by atoms with Crippen LogP contribution in [0.5, 0.6) is 0 Å². The summed E-state index contributed by atoms with van der Waals surface area (Å²) in [6.07, 6.45) is 0.662. The van der Waals surface area contributed by atoms with Gasteiger partial charge in [0.1, 0.15) is 0 Å². The number of hydrogen-bond donors (Lipinski definition) is 1. The summed E-state index contributed by atoms with van der Waals surface area (Å²) in [5, 5.41) is 9.32. The van der Waals surface area contributed by atoms with Crippen LogP contribution in [0.15, 0.2) is 30.3 Å². The molecule has 3 rings (SSSR count). The van der Waals surface area contributed by atoms with Crippen molar-refractivity contribution in [3.63, 3.8) is 0 Å². The van der Waals surface area contributed by atoms with Crippen molar-refractivity contribution in [2.75, 3.05) is 19.6 Å². The summed E-state index contributed by atoms with van der Waals surface area (Å²) in [6.45, 7) is 4.71. The maximum absolute atomic E-state index is 12.8. The molecule has 0 aliphatic carbocycles. The van der Waals surface area contributed by atoms with Gasteiger partial charge in [0.25, 0.3) is 0 Å². The van der Waals surface area contributed by atoms with Crippen molar-refractivity contribution < 1.29 is 19.5 Å². The number of hydrogen-bond acceptors (Lipinski definition) is 3. The lowest BCUT2D eigenvalue weighted by Crippen LogP contribution is -2.39. The van der Waals surface area contributed by atoms with Crippen LogP contribution in [-0.4, -0.2) is 52.3 Å². The van der Waals surface area contributed by atoms with Gasteiger partial charge in [0.2, 0.25) is 11.8 Å². The van der Waals surface area contributed by atoms with Gasteiger partial charge in [-0.05, 0) is 25.8 Å². The molecule has 6 heteroatoms. The Morgan fingerprint density at radius 1 is 1.28 bits per heavy atom. The molecular weight excluding hydrogens is 320 g/mol. The molecule has 0 aromatic heterocycles. The van der Waals surface area contributed by atoms with E-state index in [0.29, 0.717) is 19.5 Å². The second-order valence-corrected chi connectivity index (χ2v) is 7.41. The number of likely N-dealkylation sites (tertiary alicyclic amines) is 2. The fourth-order valence-corrected chi connectivity index (χ4v) is 3.76. The quantitative estimate of drug-likeness (QED) is 0.905. The van der Waals surface area contributed by atoms with E-state index in [1.54, 1.807) is 16.7 Å². The van der Waals surface area contributed by atoms with E-state index in [1.165, 1.54) is 0 Å². The second-order valence-electron chi connectivity index (χ2n) is 7.41. The maximum Gasteiger partial charge on any atom is 0.311 e. The molecule has 1 N–H and O–H groups in total. The van der Waals surface area contributed by atoms with Crippen LogP contribution in [-0.2, 0) is 14.4 Å². The topological polar surface area (TPSA) is 77.9 Å². The van der Waals surface area contributed by atoms with Gasteiger partial charge in [-0.2, -0.15) is 0 Å². The van der Waals surface area contributed by atoms with Gasteiger partial charge in [0, 0.05) is 26.1 Å². The first-order chi connectivity index (χ1) is 11.8. The van der Waals surface area contributed by atoms with Crippen LogP contribution >= 0.6 is 0 Å². The van der Waals surface area contributed by atoms with Gasteiger partial charge in [-0.15, -0.1) is 0 Å². The van der Waals surface area contributed by atoms with E-state index < -0.39 is 11.4 Å². The largest absolute Gasteiger partial charge is 0.481 e. The lowest BCUT2D eigenvalue weighted by Gasteiger charge is -2.26. The van der Waals surface area contributed by atoms with Crippen LogP contribution in [0.25, 0.3) is 0 Å². The smallest absolute Gasteiger partial charge is 0.311 e. The number of carbonyl (C=O) groups is 3.